The normalized spacial score (nSPS) is 17.5. The van der Waals surface area contributed by atoms with Gasteiger partial charge >= 0.3 is 0 Å². The number of nitrogens with zero attached hydrogens (tertiary/aromatic N) is 4. The Balaban J connectivity index is 1.56. The SMILES string of the molecule is Cc1ccc(-n2c(C)nnc2SCC(=O)N(c2ccccc2)C2CCS(=O)(=O)C2)cc1. The zero-order chi connectivity index (χ0) is 22.0. The van der Waals surface area contributed by atoms with Crippen LogP contribution in [0.2, 0.25) is 0 Å². The van der Waals surface area contributed by atoms with E-state index in [0.29, 0.717) is 17.3 Å². The molecule has 7 nitrogen and oxygen atoms in total. The Kier molecular flexibility index (Phi) is 6.15. The van der Waals surface area contributed by atoms with Gasteiger partial charge in [0, 0.05) is 11.4 Å². The number of amides is 1. The maximum absolute atomic E-state index is 13.3. The van der Waals surface area contributed by atoms with Gasteiger partial charge in [-0.15, -0.1) is 10.2 Å². The number of carbonyl (C=O) groups excluding carboxylic acids is 1. The summed E-state index contributed by atoms with van der Waals surface area (Å²) in [5.41, 5.74) is 2.81. The van der Waals surface area contributed by atoms with E-state index in [1.807, 2.05) is 73.0 Å². The molecule has 1 saturated heterocycles. The standard InChI is InChI=1S/C22H24N4O3S2/c1-16-8-10-19(11-9-16)25-17(2)23-24-22(25)30-14-21(27)26(18-6-4-3-5-7-18)20-12-13-31(28,29)15-20/h3-11,20H,12-15H2,1-2H3. The first-order valence-corrected chi connectivity index (χ1v) is 12.8. The number of hydrogen-bond donors (Lipinski definition) is 0. The maximum atomic E-state index is 13.3. The van der Waals surface area contributed by atoms with Crippen molar-refractivity contribution in [2.75, 3.05) is 22.2 Å². The van der Waals surface area contributed by atoms with Gasteiger partial charge in [-0.25, -0.2) is 8.42 Å². The van der Waals surface area contributed by atoms with Crippen LogP contribution >= 0.6 is 11.8 Å². The van der Waals surface area contributed by atoms with Crippen molar-refractivity contribution in [3.05, 3.63) is 66.0 Å². The molecule has 162 valence electrons. The summed E-state index contributed by atoms with van der Waals surface area (Å²) in [4.78, 5) is 14.9. The molecule has 1 atom stereocenters. The van der Waals surface area contributed by atoms with E-state index in [4.69, 9.17) is 0 Å². The molecule has 1 unspecified atom stereocenters. The number of aromatic nitrogens is 3. The first-order valence-electron chi connectivity index (χ1n) is 10.0. The summed E-state index contributed by atoms with van der Waals surface area (Å²) in [6, 6.07) is 16.9. The van der Waals surface area contributed by atoms with E-state index in [1.165, 1.54) is 11.8 Å². The summed E-state index contributed by atoms with van der Waals surface area (Å²) in [6.45, 7) is 3.90. The summed E-state index contributed by atoms with van der Waals surface area (Å²) in [5.74, 6) is 0.837. The summed E-state index contributed by atoms with van der Waals surface area (Å²) < 4.78 is 26.0. The minimum absolute atomic E-state index is 0.00302. The van der Waals surface area contributed by atoms with Crippen LogP contribution in [-0.4, -0.2) is 52.4 Å². The Bertz CT molecular complexity index is 1180. The van der Waals surface area contributed by atoms with Crippen LogP contribution in [0.4, 0.5) is 5.69 Å². The number of sulfone groups is 1. The van der Waals surface area contributed by atoms with Gasteiger partial charge in [0.15, 0.2) is 15.0 Å². The molecule has 1 amide bonds. The largest absolute Gasteiger partial charge is 0.308 e. The number of aryl methyl sites for hydroxylation is 2. The van der Waals surface area contributed by atoms with E-state index in [9.17, 15) is 13.2 Å². The molecule has 2 aromatic carbocycles. The molecular formula is C22H24N4O3S2. The number of anilines is 1. The number of carbonyl (C=O) groups is 1. The number of para-hydroxylation sites is 1. The lowest BCUT2D eigenvalue weighted by Gasteiger charge is -2.28. The highest BCUT2D eigenvalue weighted by atomic mass is 32.2. The fourth-order valence-electron chi connectivity index (χ4n) is 3.75. The Labute approximate surface area is 186 Å². The van der Waals surface area contributed by atoms with Gasteiger partial charge in [0.2, 0.25) is 5.91 Å². The van der Waals surface area contributed by atoms with Crippen LogP contribution in [0.5, 0.6) is 0 Å². The Hall–Kier alpha value is -2.65. The number of thioether (sulfide) groups is 1. The lowest BCUT2D eigenvalue weighted by atomic mass is 10.2. The quantitative estimate of drug-likeness (QED) is 0.530. The Morgan fingerprint density at radius 3 is 2.45 bits per heavy atom. The van der Waals surface area contributed by atoms with Crippen molar-refractivity contribution in [2.24, 2.45) is 0 Å². The average Bonchev–Trinajstić information content (AvgIpc) is 3.29. The first-order chi connectivity index (χ1) is 14.8. The van der Waals surface area contributed by atoms with E-state index in [1.54, 1.807) is 4.90 Å². The van der Waals surface area contributed by atoms with E-state index < -0.39 is 9.84 Å². The molecule has 1 fully saturated rings. The van der Waals surface area contributed by atoms with Crippen LogP contribution in [0, 0.1) is 13.8 Å². The minimum Gasteiger partial charge on any atom is -0.308 e. The van der Waals surface area contributed by atoms with Gasteiger partial charge in [-0.2, -0.15) is 0 Å². The topological polar surface area (TPSA) is 85.2 Å². The molecule has 2 heterocycles. The molecule has 0 radical (unpaired) electrons. The maximum Gasteiger partial charge on any atom is 0.237 e. The molecule has 1 aliphatic heterocycles. The van der Waals surface area contributed by atoms with Crippen LogP contribution in [0.1, 0.15) is 17.8 Å². The zero-order valence-electron chi connectivity index (χ0n) is 17.4. The molecule has 9 heteroatoms. The zero-order valence-corrected chi connectivity index (χ0v) is 19.1. The predicted octanol–water partition coefficient (Wildman–Crippen LogP) is 3.20. The van der Waals surface area contributed by atoms with Gasteiger partial charge in [-0.3, -0.25) is 9.36 Å². The van der Waals surface area contributed by atoms with E-state index in [2.05, 4.69) is 10.2 Å². The minimum atomic E-state index is -3.12. The van der Waals surface area contributed by atoms with Gasteiger partial charge in [0.05, 0.1) is 23.3 Å². The fourth-order valence-corrected chi connectivity index (χ4v) is 6.31. The van der Waals surface area contributed by atoms with Crippen LogP contribution in [-0.2, 0) is 14.6 Å². The fraction of sp³-hybridized carbons (Fsp3) is 0.318. The second-order valence-corrected chi connectivity index (χ2v) is 10.8. The number of benzene rings is 2. The summed E-state index contributed by atoms with van der Waals surface area (Å²) in [5, 5.41) is 9.06. The number of hydrogen-bond acceptors (Lipinski definition) is 6. The third kappa shape index (κ3) is 4.83. The van der Waals surface area contributed by atoms with Gasteiger partial charge < -0.3 is 4.90 Å². The van der Waals surface area contributed by atoms with Gasteiger partial charge in [0.25, 0.3) is 0 Å². The molecule has 4 rings (SSSR count). The average molecular weight is 457 g/mol. The summed E-state index contributed by atoms with van der Waals surface area (Å²) in [7, 11) is -3.12. The highest BCUT2D eigenvalue weighted by Crippen LogP contribution is 2.27. The highest BCUT2D eigenvalue weighted by molar-refractivity contribution is 7.99. The number of rotatable bonds is 6. The van der Waals surface area contributed by atoms with Crippen molar-refractivity contribution in [3.8, 4) is 5.69 Å². The second kappa shape index (κ2) is 8.84. The predicted molar refractivity (Wildman–Crippen MR) is 123 cm³/mol. The van der Waals surface area contributed by atoms with Crippen molar-refractivity contribution in [1.82, 2.24) is 14.8 Å². The summed E-state index contributed by atoms with van der Waals surface area (Å²) in [6.07, 6.45) is 0.451. The smallest absolute Gasteiger partial charge is 0.237 e. The molecule has 31 heavy (non-hydrogen) atoms. The van der Waals surface area contributed by atoms with E-state index >= 15 is 0 Å². The van der Waals surface area contributed by atoms with Crippen molar-refractivity contribution in [2.45, 2.75) is 31.5 Å². The molecule has 0 spiro atoms. The van der Waals surface area contributed by atoms with Crippen LogP contribution < -0.4 is 4.90 Å². The van der Waals surface area contributed by atoms with Gasteiger partial charge in [-0.1, -0.05) is 47.7 Å². The highest BCUT2D eigenvalue weighted by Gasteiger charge is 2.35. The Morgan fingerprint density at radius 1 is 1.10 bits per heavy atom. The van der Waals surface area contributed by atoms with Crippen molar-refractivity contribution in [3.63, 3.8) is 0 Å². The van der Waals surface area contributed by atoms with Crippen LogP contribution in [0.15, 0.2) is 59.8 Å². The van der Waals surface area contributed by atoms with Crippen LogP contribution in [0.3, 0.4) is 0 Å². The van der Waals surface area contributed by atoms with Crippen molar-refractivity contribution < 1.29 is 13.2 Å². The monoisotopic (exact) mass is 456 g/mol. The molecular weight excluding hydrogens is 432 g/mol. The molecule has 1 aromatic heterocycles. The molecule has 0 N–H and O–H groups in total. The first kappa shape index (κ1) is 21.6. The lowest BCUT2D eigenvalue weighted by molar-refractivity contribution is -0.116. The lowest BCUT2D eigenvalue weighted by Crippen LogP contribution is -2.42. The molecule has 0 saturated carbocycles. The molecule has 0 bridgehead atoms. The van der Waals surface area contributed by atoms with Gasteiger partial charge in [-0.05, 0) is 44.5 Å². The molecule has 0 aliphatic carbocycles. The second-order valence-electron chi connectivity index (χ2n) is 7.65. The van der Waals surface area contributed by atoms with E-state index in [-0.39, 0.29) is 29.2 Å². The molecule has 1 aliphatic rings. The van der Waals surface area contributed by atoms with Crippen LogP contribution in [0.25, 0.3) is 5.69 Å². The third-order valence-electron chi connectivity index (χ3n) is 5.29. The Morgan fingerprint density at radius 2 is 1.81 bits per heavy atom. The van der Waals surface area contributed by atoms with Crippen molar-refractivity contribution in [1.29, 1.82) is 0 Å². The van der Waals surface area contributed by atoms with Gasteiger partial charge in [0.1, 0.15) is 5.82 Å². The summed E-state index contributed by atoms with van der Waals surface area (Å²) >= 11 is 1.31. The van der Waals surface area contributed by atoms with E-state index in [0.717, 1.165) is 17.1 Å². The third-order valence-corrected chi connectivity index (χ3v) is 7.95. The van der Waals surface area contributed by atoms with Crippen molar-refractivity contribution >= 4 is 33.2 Å². The molecule has 3 aromatic rings.